The van der Waals surface area contributed by atoms with Gasteiger partial charge in [-0.2, -0.15) is 0 Å². The van der Waals surface area contributed by atoms with E-state index < -0.39 is 15.7 Å². The lowest BCUT2D eigenvalue weighted by molar-refractivity contribution is 0.0995. The molecule has 1 amide bonds. The van der Waals surface area contributed by atoms with Crippen LogP contribution in [0.1, 0.15) is 16.1 Å². The summed E-state index contributed by atoms with van der Waals surface area (Å²) < 4.78 is 30.4. The molecule has 0 unspecified atom stereocenters. The van der Waals surface area contributed by atoms with Crippen LogP contribution in [0.3, 0.4) is 0 Å². The average Bonchev–Trinajstić information content (AvgIpc) is 3.10. The Labute approximate surface area is 156 Å². The Kier molecular flexibility index (Phi) is 5.49. The molecule has 1 heterocycles. The van der Waals surface area contributed by atoms with Gasteiger partial charge >= 0.3 is 0 Å². The van der Waals surface area contributed by atoms with E-state index in [1.54, 1.807) is 24.3 Å². The number of hydrogen-bond donors (Lipinski definition) is 1. The largest absolute Gasteiger partial charge is 0.459 e. The Morgan fingerprint density at radius 1 is 1.04 bits per heavy atom. The molecular weight excluding hydrogens is 370 g/mol. The molecular formula is C19H17NO4S2. The van der Waals surface area contributed by atoms with Gasteiger partial charge in [0, 0.05) is 10.5 Å². The zero-order chi connectivity index (χ0) is 18.6. The summed E-state index contributed by atoms with van der Waals surface area (Å²) in [5.74, 6) is -0.782. The van der Waals surface area contributed by atoms with E-state index in [1.807, 2.05) is 24.5 Å². The zero-order valence-corrected chi connectivity index (χ0v) is 15.6. The van der Waals surface area contributed by atoms with E-state index in [9.17, 15) is 13.2 Å². The molecule has 0 aliphatic heterocycles. The number of sulfone groups is 1. The van der Waals surface area contributed by atoms with Crippen LogP contribution in [-0.4, -0.2) is 20.6 Å². The maximum Gasteiger partial charge on any atom is 0.291 e. The van der Waals surface area contributed by atoms with Crippen molar-refractivity contribution < 1.29 is 17.6 Å². The minimum Gasteiger partial charge on any atom is -0.459 e. The number of hydrogen-bond acceptors (Lipinski definition) is 5. The molecule has 0 spiro atoms. The van der Waals surface area contributed by atoms with Gasteiger partial charge in [-0.05, 0) is 36.6 Å². The van der Waals surface area contributed by atoms with Crippen molar-refractivity contribution in [2.45, 2.75) is 15.5 Å². The molecule has 0 radical (unpaired) electrons. The number of nitrogens with one attached hydrogen (secondary N) is 1. The highest BCUT2D eigenvalue weighted by Gasteiger charge is 2.22. The highest BCUT2D eigenvalue weighted by molar-refractivity contribution is 7.98. The molecule has 0 saturated heterocycles. The van der Waals surface area contributed by atoms with Crippen molar-refractivity contribution in [3.63, 3.8) is 0 Å². The van der Waals surface area contributed by atoms with Gasteiger partial charge in [0.1, 0.15) is 0 Å². The number of benzene rings is 2. The summed E-state index contributed by atoms with van der Waals surface area (Å²) in [4.78, 5) is 13.7. The summed E-state index contributed by atoms with van der Waals surface area (Å²) in [6.07, 6.45) is 3.24. The SMILES string of the molecule is CSc1ccccc1NC(=O)c1occc1CS(=O)(=O)c1ccccc1. The molecule has 0 aliphatic rings. The number of rotatable bonds is 6. The van der Waals surface area contributed by atoms with Crippen molar-refractivity contribution in [2.24, 2.45) is 0 Å². The van der Waals surface area contributed by atoms with Gasteiger partial charge < -0.3 is 9.73 Å². The summed E-state index contributed by atoms with van der Waals surface area (Å²) in [6.45, 7) is 0. The molecule has 2 aromatic carbocycles. The second-order valence-corrected chi connectivity index (χ2v) is 8.34. The lowest BCUT2D eigenvalue weighted by Gasteiger charge is -2.09. The van der Waals surface area contributed by atoms with Crippen molar-refractivity contribution in [1.29, 1.82) is 0 Å². The standard InChI is InChI=1S/C19H17NO4S2/c1-25-17-10-6-5-9-16(17)20-19(21)18-14(11-12-24-18)13-26(22,23)15-7-3-2-4-8-15/h2-12H,13H2,1H3,(H,20,21). The Morgan fingerprint density at radius 3 is 2.46 bits per heavy atom. The van der Waals surface area contributed by atoms with Gasteiger partial charge in [-0.3, -0.25) is 4.79 Å². The van der Waals surface area contributed by atoms with Gasteiger partial charge in [-0.1, -0.05) is 30.3 Å². The number of para-hydroxylation sites is 1. The Balaban J connectivity index is 1.83. The molecule has 134 valence electrons. The lowest BCUT2D eigenvalue weighted by atomic mass is 10.2. The summed E-state index contributed by atoms with van der Waals surface area (Å²) in [5, 5.41) is 2.78. The maximum absolute atomic E-state index is 12.6. The van der Waals surface area contributed by atoms with Gasteiger partial charge in [0.2, 0.25) is 0 Å². The molecule has 5 nitrogen and oxygen atoms in total. The maximum atomic E-state index is 12.6. The van der Waals surface area contributed by atoms with Crippen molar-refractivity contribution in [2.75, 3.05) is 11.6 Å². The molecule has 0 aliphatic carbocycles. The smallest absolute Gasteiger partial charge is 0.291 e. The minimum atomic E-state index is -3.57. The third-order valence-corrected chi connectivity index (χ3v) is 6.23. The van der Waals surface area contributed by atoms with Crippen molar-refractivity contribution in [3.05, 3.63) is 78.3 Å². The second kappa shape index (κ2) is 7.80. The number of carbonyl (C=O) groups excluding carboxylic acids is 1. The number of thioether (sulfide) groups is 1. The fourth-order valence-electron chi connectivity index (χ4n) is 2.49. The first-order valence-electron chi connectivity index (χ1n) is 7.80. The number of furan rings is 1. The topological polar surface area (TPSA) is 76.4 Å². The van der Waals surface area contributed by atoms with E-state index >= 15 is 0 Å². The molecule has 26 heavy (non-hydrogen) atoms. The molecule has 1 aromatic heterocycles. The molecule has 0 saturated carbocycles. The summed E-state index contributed by atoms with van der Waals surface area (Å²) >= 11 is 1.50. The first kappa shape index (κ1) is 18.3. The fraction of sp³-hybridized carbons (Fsp3) is 0.105. The molecule has 3 aromatic rings. The van der Waals surface area contributed by atoms with Crippen LogP contribution >= 0.6 is 11.8 Å². The monoisotopic (exact) mass is 387 g/mol. The molecule has 3 rings (SSSR count). The first-order chi connectivity index (χ1) is 12.5. The summed E-state index contributed by atoms with van der Waals surface area (Å²) in [6, 6.07) is 17.0. The second-order valence-electron chi connectivity index (χ2n) is 5.50. The fourth-order valence-corrected chi connectivity index (χ4v) is 4.42. The Morgan fingerprint density at radius 2 is 1.73 bits per heavy atom. The van der Waals surface area contributed by atoms with Gasteiger partial charge in [0.15, 0.2) is 15.6 Å². The molecule has 0 atom stereocenters. The van der Waals surface area contributed by atoms with Crippen molar-refractivity contribution in [1.82, 2.24) is 0 Å². The predicted molar refractivity (Wildman–Crippen MR) is 102 cm³/mol. The molecule has 0 fully saturated rings. The van der Waals surface area contributed by atoms with E-state index in [-0.39, 0.29) is 16.4 Å². The molecule has 1 N–H and O–H groups in total. The van der Waals surface area contributed by atoms with Crippen LogP contribution in [0, 0.1) is 0 Å². The van der Waals surface area contributed by atoms with Gasteiger partial charge in [0.25, 0.3) is 5.91 Å². The van der Waals surface area contributed by atoms with Gasteiger partial charge in [-0.25, -0.2) is 8.42 Å². The highest BCUT2D eigenvalue weighted by Crippen LogP contribution is 2.26. The number of carbonyl (C=O) groups is 1. The lowest BCUT2D eigenvalue weighted by Crippen LogP contribution is -2.15. The highest BCUT2D eigenvalue weighted by atomic mass is 32.2. The molecule has 0 bridgehead atoms. The Bertz CT molecular complexity index is 1010. The van der Waals surface area contributed by atoms with E-state index in [0.29, 0.717) is 11.3 Å². The van der Waals surface area contributed by atoms with Crippen molar-refractivity contribution in [3.8, 4) is 0 Å². The third-order valence-electron chi connectivity index (χ3n) is 3.76. The van der Waals surface area contributed by atoms with Gasteiger partial charge in [-0.15, -0.1) is 11.8 Å². The quantitative estimate of drug-likeness (QED) is 0.641. The number of anilines is 1. The van der Waals surface area contributed by atoms with E-state index in [2.05, 4.69) is 5.32 Å². The van der Waals surface area contributed by atoms with E-state index in [1.165, 1.54) is 36.2 Å². The third kappa shape index (κ3) is 4.00. The predicted octanol–water partition coefficient (Wildman–Crippen LogP) is 4.23. The normalized spacial score (nSPS) is 11.3. The number of amides is 1. The average molecular weight is 387 g/mol. The zero-order valence-electron chi connectivity index (χ0n) is 14.0. The van der Waals surface area contributed by atoms with Crippen LogP contribution in [0.25, 0.3) is 0 Å². The van der Waals surface area contributed by atoms with Crippen LogP contribution in [0.5, 0.6) is 0 Å². The summed E-state index contributed by atoms with van der Waals surface area (Å²) in [5.41, 5.74) is 0.978. The van der Waals surface area contributed by atoms with E-state index in [4.69, 9.17) is 4.42 Å². The van der Waals surface area contributed by atoms with Gasteiger partial charge in [0.05, 0.1) is 22.6 Å². The molecule has 7 heteroatoms. The van der Waals surface area contributed by atoms with Crippen LogP contribution in [0.4, 0.5) is 5.69 Å². The van der Waals surface area contributed by atoms with Crippen molar-refractivity contribution >= 4 is 33.2 Å². The minimum absolute atomic E-state index is 0.000382. The van der Waals surface area contributed by atoms with Crippen LogP contribution < -0.4 is 5.32 Å². The first-order valence-corrected chi connectivity index (χ1v) is 10.7. The van der Waals surface area contributed by atoms with Crippen LogP contribution in [0.15, 0.2) is 81.1 Å². The Hall–Kier alpha value is -2.51. The van der Waals surface area contributed by atoms with E-state index in [0.717, 1.165) is 4.90 Å². The van der Waals surface area contributed by atoms with Crippen LogP contribution in [-0.2, 0) is 15.6 Å². The van der Waals surface area contributed by atoms with Crippen LogP contribution in [0.2, 0.25) is 0 Å². The summed E-state index contributed by atoms with van der Waals surface area (Å²) in [7, 11) is -3.57.